The van der Waals surface area contributed by atoms with Gasteiger partial charge in [-0.25, -0.2) is 0 Å². The second kappa shape index (κ2) is 10.8. The number of carbonyl (C=O) groups excluding carboxylic acids is 1. The summed E-state index contributed by atoms with van der Waals surface area (Å²) in [5.41, 5.74) is 0.0182. The van der Waals surface area contributed by atoms with E-state index < -0.39 is 23.1 Å². The van der Waals surface area contributed by atoms with E-state index in [0.29, 0.717) is 28.6 Å². The van der Waals surface area contributed by atoms with Crippen LogP contribution < -0.4 is 14.9 Å². The first-order valence-corrected chi connectivity index (χ1v) is 10.8. The first-order chi connectivity index (χ1) is 15.5. The van der Waals surface area contributed by atoms with Gasteiger partial charge in [-0.3, -0.25) is 9.59 Å². The van der Waals surface area contributed by atoms with E-state index in [1.54, 1.807) is 18.2 Å². The highest BCUT2D eigenvalue weighted by Gasteiger charge is 2.27. The summed E-state index contributed by atoms with van der Waals surface area (Å²) in [7, 11) is 4.29. The van der Waals surface area contributed by atoms with E-state index in [2.05, 4.69) is 0 Å². The molecule has 3 rings (SSSR count). The first kappa shape index (κ1) is 23.3. The van der Waals surface area contributed by atoms with Crippen molar-refractivity contribution in [2.45, 2.75) is 23.0 Å². The average molecular weight is 457 g/mol. The lowest BCUT2D eigenvalue weighted by Gasteiger charge is -2.19. The van der Waals surface area contributed by atoms with Crippen LogP contribution in [0.3, 0.4) is 0 Å². The zero-order valence-electron chi connectivity index (χ0n) is 18.0. The maximum Gasteiger partial charge on any atom is 0.306 e. The van der Waals surface area contributed by atoms with Crippen molar-refractivity contribution in [2.24, 2.45) is 0 Å². The maximum atomic E-state index is 12.5. The minimum Gasteiger partial charge on any atom is -0.502 e. The van der Waals surface area contributed by atoms with E-state index in [0.717, 1.165) is 4.90 Å². The molecule has 7 nitrogen and oxygen atoms in total. The van der Waals surface area contributed by atoms with Gasteiger partial charge in [0.25, 0.3) is 0 Å². The van der Waals surface area contributed by atoms with Gasteiger partial charge in [0.15, 0.2) is 17.3 Å². The molecule has 1 unspecified atom stereocenters. The lowest BCUT2D eigenvalue weighted by molar-refractivity contribution is -0.140. The highest BCUT2D eigenvalue weighted by Crippen LogP contribution is 2.38. The number of ether oxygens (including phenoxy) is 3. The summed E-state index contributed by atoms with van der Waals surface area (Å²) in [6.07, 6.45) is -0.141. The topological polar surface area (TPSA) is 95.2 Å². The lowest BCUT2D eigenvalue weighted by Crippen LogP contribution is -2.14. The summed E-state index contributed by atoms with van der Waals surface area (Å²) in [6, 6.07) is 16.0. The van der Waals surface area contributed by atoms with Crippen molar-refractivity contribution in [3.63, 3.8) is 0 Å². The fourth-order valence-electron chi connectivity index (χ4n) is 3.21. The standard InChI is InChI=1S/C24H24O7S/c1-28-20-10-9-15(11-21(20)29-2)18(13-22(26)30-3)24-23(27)19(25)12-16(31-24)14-32-17-7-5-4-6-8-17/h4-12,18,27H,13-14H2,1-3H3. The van der Waals surface area contributed by atoms with E-state index in [4.69, 9.17) is 18.6 Å². The van der Waals surface area contributed by atoms with Crippen molar-refractivity contribution < 1.29 is 28.5 Å². The molecule has 0 fully saturated rings. The number of hydrogen-bond acceptors (Lipinski definition) is 8. The predicted molar refractivity (Wildman–Crippen MR) is 121 cm³/mol. The molecule has 168 valence electrons. The van der Waals surface area contributed by atoms with Crippen LogP contribution in [0.4, 0.5) is 0 Å². The second-order valence-electron chi connectivity index (χ2n) is 6.84. The molecule has 0 saturated heterocycles. The van der Waals surface area contributed by atoms with E-state index in [-0.39, 0.29) is 12.2 Å². The third-order valence-corrected chi connectivity index (χ3v) is 5.88. The second-order valence-corrected chi connectivity index (χ2v) is 7.89. The molecule has 1 N–H and O–H groups in total. The molecule has 2 aromatic carbocycles. The van der Waals surface area contributed by atoms with Gasteiger partial charge in [-0.05, 0) is 29.8 Å². The lowest BCUT2D eigenvalue weighted by atomic mass is 9.92. The molecule has 0 aliphatic carbocycles. The molecule has 0 aliphatic heterocycles. The highest BCUT2D eigenvalue weighted by atomic mass is 32.2. The number of esters is 1. The number of rotatable bonds is 9. The molecular weight excluding hydrogens is 432 g/mol. The van der Waals surface area contributed by atoms with Crippen LogP contribution in [-0.4, -0.2) is 32.4 Å². The highest BCUT2D eigenvalue weighted by molar-refractivity contribution is 7.98. The summed E-state index contributed by atoms with van der Waals surface area (Å²) in [6.45, 7) is 0. The van der Waals surface area contributed by atoms with Crippen molar-refractivity contribution in [3.8, 4) is 17.2 Å². The average Bonchev–Trinajstić information content (AvgIpc) is 2.83. The molecule has 0 amide bonds. The summed E-state index contributed by atoms with van der Waals surface area (Å²) >= 11 is 1.49. The molecule has 0 radical (unpaired) electrons. The Morgan fingerprint density at radius 2 is 1.75 bits per heavy atom. The molecule has 3 aromatic rings. The minimum atomic E-state index is -0.767. The number of thioether (sulfide) groups is 1. The Kier molecular flexibility index (Phi) is 7.83. The Labute approximate surface area is 189 Å². The number of aromatic hydroxyl groups is 1. The number of hydrogen-bond donors (Lipinski definition) is 1. The Balaban J connectivity index is 2.03. The fraction of sp³-hybridized carbons (Fsp3) is 0.250. The smallest absolute Gasteiger partial charge is 0.306 e. The Hall–Kier alpha value is -3.39. The van der Waals surface area contributed by atoms with Crippen LogP contribution >= 0.6 is 11.8 Å². The quantitative estimate of drug-likeness (QED) is 0.375. The molecule has 0 spiro atoms. The molecule has 0 bridgehead atoms. The molecule has 0 aliphatic rings. The van der Waals surface area contributed by atoms with Gasteiger partial charge in [0, 0.05) is 11.0 Å². The minimum absolute atomic E-state index is 0.00113. The molecule has 8 heteroatoms. The summed E-state index contributed by atoms with van der Waals surface area (Å²) < 4.78 is 21.4. The molecule has 1 atom stereocenters. The molecule has 1 heterocycles. The summed E-state index contributed by atoms with van der Waals surface area (Å²) in [5, 5.41) is 10.5. The third kappa shape index (κ3) is 5.45. The van der Waals surface area contributed by atoms with Crippen LogP contribution in [0.1, 0.15) is 29.4 Å². The molecular formula is C24H24O7S. The van der Waals surface area contributed by atoms with E-state index >= 15 is 0 Å². The van der Waals surface area contributed by atoms with Crippen molar-refractivity contribution in [1.82, 2.24) is 0 Å². The van der Waals surface area contributed by atoms with Gasteiger partial charge in [-0.1, -0.05) is 24.3 Å². The van der Waals surface area contributed by atoms with E-state index in [1.165, 1.54) is 39.2 Å². The van der Waals surface area contributed by atoms with Crippen molar-refractivity contribution >= 4 is 17.7 Å². The zero-order chi connectivity index (χ0) is 23.1. The van der Waals surface area contributed by atoms with Gasteiger partial charge in [0.2, 0.25) is 11.2 Å². The Bertz CT molecular complexity index is 1120. The van der Waals surface area contributed by atoms with Gasteiger partial charge < -0.3 is 23.7 Å². The van der Waals surface area contributed by atoms with Crippen LogP contribution in [-0.2, 0) is 15.3 Å². The molecule has 0 saturated carbocycles. The van der Waals surface area contributed by atoms with Crippen molar-refractivity contribution in [3.05, 3.63) is 81.9 Å². The van der Waals surface area contributed by atoms with Crippen LogP contribution in [0.5, 0.6) is 17.2 Å². The Morgan fingerprint density at radius 3 is 2.41 bits per heavy atom. The first-order valence-electron chi connectivity index (χ1n) is 9.79. The van der Waals surface area contributed by atoms with Crippen LogP contribution in [0.15, 0.2) is 68.7 Å². The van der Waals surface area contributed by atoms with Gasteiger partial charge in [0.1, 0.15) is 5.76 Å². The van der Waals surface area contributed by atoms with Crippen LogP contribution in [0, 0.1) is 0 Å². The van der Waals surface area contributed by atoms with Crippen molar-refractivity contribution in [2.75, 3.05) is 21.3 Å². The normalized spacial score (nSPS) is 11.6. The van der Waals surface area contributed by atoms with Gasteiger partial charge in [-0.2, -0.15) is 0 Å². The van der Waals surface area contributed by atoms with Gasteiger partial charge in [0.05, 0.1) is 39.4 Å². The van der Waals surface area contributed by atoms with E-state index in [9.17, 15) is 14.7 Å². The predicted octanol–water partition coefficient (Wildman–Crippen LogP) is 4.35. The zero-order valence-corrected chi connectivity index (χ0v) is 18.8. The molecule has 1 aromatic heterocycles. The van der Waals surface area contributed by atoms with E-state index in [1.807, 2.05) is 30.3 Å². The maximum absolute atomic E-state index is 12.5. The van der Waals surface area contributed by atoms with Crippen LogP contribution in [0.25, 0.3) is 0 Å². The monoisotopic (exact) mass is 456 g/mol. The third-order valence-electron chi connectivity index (χ3n) is 4.85. The van der Waals surface area contributed by atoms with Crippen molar-refractivity contribution in [1.29, 1.82) is 0 Å². The molecule has 32 heavy (non-hydrogen) atoms. The Morgan fingerprint density at radius 1 is 1.03 bits per heavy atom. The number of benzene rings is 2. The van der Waals surface area contributed by atoms with Crippen LogP contribution in [0.2, 0.25) is 0 Å². The number of methoxy groups -OCH3 is 3. The summed E-state index contributed by atoms with van der Waals surface area (Å²) in [5.74, 6) is -0.117. The largest absolute Gasteiger partial charge is 0.502 e. The van der Waals surface area contributed by atoms with Gasteiger partial charge >= 0.3 is 5.97 Å². The van der Waals surface area contributed by atoms with Gasteiger partial charge in [-0.15, -0.1) is 11.8 Å². The fourth-order valence-corrected chi connectivity index (χ4v) is 4.02. The SMILES string of the molecule is COC(=O)CC(c1ccc(OC)c(OC)c1)c1oc(CSc2ccccc2)cc(=O)c1O. The number of carbonyl (C=O) groups is 1. The summed E-state index contributed by atoms with van der Waals surface area (Å²) in [4.78, 5) is 25.7.